The third-order valence-electron chi connectivity index (χ3n) is 1.66. The molecule has 0 unspecified atom stereocenters. The number of nitrogens with one attached hydrogen (secondary N) is 1. The smallest absolute Gasteiger partial charge is 0.410 e. The molecule has 0 saturated heterocycles. The van der Waals surface area contributed by atoms with Gasteiger partial charge in [-0.1, -0.05) is 6.92 Å². The van der Waals surface area contributed by atoms with Gasteiger partial charge in [0, 0.05) is 13.6 Å². The highest BCUT2D eigenvalue weighted by Crippen LogP contribution is 2.08. The van der Waals surface area contributed by atoms with E-state index in [0.29, 0.717) is 6.54 Å². The van der Waals surface area contributed by atoms with Gasteiger partial charge in [-0.15, -0.1) is 0 Å². The molecule has 0 heterocycles. The molecule has 0 aliphatic rings. The summed E-state index contributed by atoms with van der Waals surface area (Å²) >= 11 is 0. The van der Waals surface area contributed by atoms with Crippen LogP contribution in [0.1, 0.15) is 34.1 Å². The Morgan fingerprint density at radius 1 is 1.31 bits per heavy atom. The van der Waals surface area contributed by atoms with Gasteiger partial charge in [0.05, 0.1) is 0 Å². The Hall–Kier alpha value is -1.26. The van der Waals surface area contributed by atoms with E-state index < -0.39 is 11.7 Å². The molecule has 0 aliphatic heterocycles. The molecule has 0 aromatic heterocycles. The second kappa shape index (κ2) is 6.35. The Kier molecular flexibility index (Phi) is 5.85. The van der Waals surface area contributed by atoms with Gasteiger partial charge < -0.3 is 15.0 Å². The largest absolute Gasteiger partial charge is 0.444 e. The highest BCUT2D eigenvalue weighted by Gasteiger charge is 2.20. The zero-order chi connectivity index (χ0) is 12.8. The van der Waals surface area contributed by atoms with Crippen molar-refractivity contribution in [1.82, 2.24) is 10.2 Å². The number of hydrogen-bond acceptors (Lipinski definition) is 3. The molecule has 16 heavy (non-hydrogen) atoms. The van der Waals surface area contributed by atoms with Gasteiger partial charge in [0.2, 0.25) is 5.91 Å². The van der Waals surface area contributed by atoms with Gasteiger partial charge in [-0.2, -0.15) is 0 Å². The Morgan fingerprint density at radius 2 is 1.88 bits per heavy atom. The minimum Gasteiger partial charge on any atom is -0.444 e. The summed E-state index contributed by atoms with van der Waals surface area (Å²) in [5.74, 6) is -0.171. The van der Waals surface area contributed by atoms with Crippen molar-refractivity contribution in [2.45, 2.75) is 39.7 Å². The topological polar surface area (TPSA) is 58.6 Å². The summed E-state index contributed by atoms with van der Waals surface area (Å²) in [5, 5.41) is 2.69. The van der Waals surface area contributed by atoms with Crippen LogP contribution in [0.2, 0.25) is 0 Å². The molecule has 1 N–H and O–H groups in total. The van der Waals surface area contributed by atoms with E-state index in [4.69, 9.17) is 4.74 Å². The van der Waals surface area contributed by atoms with Gasteiger partial charge in [0.1, 0.15) is 12.1 Å². The summed E-state index contributed by atoms with van der Waals surface area (Å²) in [4.78, 5) is 24.1. The third-order valence-corrected chi connectivity index (χ3v) is 1.66. The van der Waals surface area contributed by atoms with Crippen molar-refractivity contribution in [3.05, 3.63) is 0 Å². The molecule has 0 aliphatic carbocycles. The highest BCUT2D eigenvalue weighted by atomic mass is 16.6. The number of rotatable bonds is 4. The van der Waals surface area contributed by atoms with E-state index in [2.05, 4.69) is 5.32 Å². The minimum absolute atomic E-state index is 0.0227. The van der Waals surface area contributed by atoms with Crippen molar-refractivity contribution >= 4 is 12.0 Å². The minimum atomic E-state index is -0.536. The Morgan fingerprint density at radius 3 is 2.31 bits per heavy atom. The molecule has 0 spiro atoms. The number of likely N-dealkylation sites (N-methyl/N-ethyl adjacent to an activating group) is 1. The maximum Gasteiger partial charge on any atom is 0.410 e. The normalized spacial score (nSPS) is 10.8. The van der Waals surface area contributed by atoms with Crippen LogP contribution in [0.5, 0.6) is 0 Å². The molecule has 0 saturated carbocycles. The summed E-state index contributed by atoms with van der Waals surface area (Å²) in [6.45, 7) is 7.98. The molecular weight excluding hydrogens is 208 g/mol. The second-order valence-corrected chi connectivity index (χ2v) is 4.69. The molecule has 0 rings (SSSR count). The summed E-state index contributed by atoms with van der Waals surface area (Å²) < 4.78 is 5.11. The average Bonchev–Trinajstić information content (AvgIpc) is 2.11. The molecular formula is C11H22N2O3. The van der Waals surface area contributed by atoms with Crippen molar-refractivity contribution in [3.8, 4) is 0 Å². The van der Waals surface area contributed by atoms with Crippen molar-refractivity contribution in [2.24, 2.45) is 0 Å². The van der Waals surface area contributed by atoms with Gasteiger partial charge in [-0.25, -0.2) is 4.79 Å². The van der Waals surface area contributed by atoms with Crippen LogP contribution >= 0.6 is 0 Å². The van der Waals surface area contributed by atoms with E-state index in [9.17, 15) is 9.59 Å². The number of amides is 2. The third kappa shape index (κ3) is 7.09. The van der Waals surface area contributed by atoms with Crippen LogP contribution in [0.15, 0.2) is 0 Å². The number of ether oxygens (including phenoxy) is 1. The predicted molar refractivity (Wildman–Crippen MR) is 62.2 cm³/mol. The molecule has 0 aromatic carbocycles. The standard InChI is InChI=1S/C11H22N2O3/c1-6-7-12-9(14)8-13(5)10(15)16-11(2,3)4/h6-8H2,1-5H3,(H,12,14). The van der Waals surface area contributed by atoms with Crippen LogP contribution in [0.3, 0.4) is 0 Å². The molecule has 94 valence electrons. The van der Waals surface area contributed by atoms with Crippen LogP contribution in [0.4, 0.5) is 4.79 Å². The Labute approximate surface area is 97.1 Å². The molecule has 2 amide bonds. The first-order valence-corrected chi connectivity index (χ1v) is 5.47. The monoisotopic (exact) mass is 230 g/mol. The van der Waals surface area contributed by atoms with Gasteiger partial charge in [-0.05, 0) is 27.2 Å². The van der Waals surface area contributed by atoms with Gasteiger partial charge in [-0.3, -0.25) is 4.79 Å². The van der Waals surface area contributed by atoms with Gasteiger partial charge in [0.15, 0.2) is 0 Å². The van der Waals surface area contributed by atoms with E-state index in [1.54, 1.807) is 27.8 Å². The lowest BCUT2D eigenvalue weighted by molar-refractivity contribution is -0.122. The molecule has 5 heteroatoms. The second-order valence-electron chi connectivity index (χ2n) is 4.69. The summed E-state index contributed by atoms with van der Waals surface area (Å²) in [6.07, 6.45) is 0.390. The maximum atomic E-state index is 11.5. The lowest BCUT2D eigenvalue weighted by atomic mass is 10.2. The molecule has 5 nitrogen and oxygen atoms in total. The average molecular weight is 230 g/mol. The fourth-order valence-corrected chi connectivity index (χ4v) is 0.940. The first-order valence-electron chi connectivity index (χ1n) is 5.47. The lowest BCUT2D eigenvalue weighted by Crippen LogP contribution is -2.41. The van der Waals surface area contributed by atoms with Crippen molar-refractivity contribution in [1.29, 1.82) is 0 Å². The van der Waals surface area contributed by atoms with Crippen molar-refractivity contribution < 1.29 is 14.3 Å². The number of carbonyl (C=O) groups excluding carboxylic acids is 2. The summed E-state index contributed by atoms with van der Waals surface area (Å²) in [5.41, 5.74) is -0.536. The SMILES string of the molecule is CCCNC(=O)CN(C)C(=O)OC(C)(C)C. The van der Waals surface area contributed by atoms with E-state index in [-0.39, 0.29) is 12.5 Å². The zero-order valence-electron chi connectivity index (χ0n) is 10.8. The van der Waals surface area contributed by atoms with Crippen molar-refractivity contribution in [3.63, 3.8) is 0 Å². The first-order chi connectivity index (χ1) is 7.26. The quantitative estimate of drug-likeness (QED) is 0.793. The molecule has 0 atom stereocenters. The zero-order valence-corrected chi connectivity index (χ0v) is 10.8. The van der Waals surface area contributed by atoms with Crippen LogP contribution in [-0.2, 0) is 9.53 Å². The molecule has 0 bridgehead atoms. The number of carbonyl (C=O) groups is 2. The van der Waals surface area contributed by atoms with E-state index in [0.717, 1.165) is 6.42 Å². The Balaban J connectivity index is 4.01. The van der Waals surface area contributed by atoms with Crippen molar-refractivity contribution in [2.75, 3.05) is 20.1 Å². The van der Waals surface area contributed by atoms with Crippen LogP contribution in [0, 0.1) is 0 Å². The first kappa shape index (κ1) is 14.7. The lowest BCUT2D eigenvalue weighted by Gasteiger charge is -2.24. The predicted octanol–water partition coefficient (Wildman–Crippen LogP) is 1.38. The van der Waals surface area contributed by atoms with Crippen LogP contribution in [-0.4, -0.2) is 42.6 Å². The van der Waals surface area contributed by atoms with E-state index in [1.807, 2.05) is 6.92 Å². The van der Waals surface area contributed by atoms with E-state index >= 15 is 0 Å². The summed E-state index contributed by atoms with van der Waals surface area (Å²) in [7, 11) is 1.54. The van der Waals surface area contributed by atoms with Crippen LogP contribution in [0.25, 0.3) is 0 Å². The molecule has 0 fully saturated rings. The van der Waals surface area contributed by atoms with E-state index in [1.165, 1.54) is 4.90 Å². The number of nitrogens with zero attached hydrogens (tertiary/aromatic N) is 1. The fraction of sp³-hybridized carbons (Fsp3) is 0.818. The Bertz CT molecular complexity index is 246. The van der Waals surface area contributed by atoms with Crippen LogP contribution < -0.4 is 5.32 Å². The molecule has 0 aromatic rings. The summed E-state index contributed by atoms with van der Waals surface area (Å²) in [6, 6.07) is 0. The molecule has 0 radical (unpaired) electrons. The van der Waals surface area contributed by atoms with Gasteiger partial charge >= 0.3 is 6.09 Å². The maximum absolute atomic E-state index is 11.5. The highest BCUT2D eigenvalue weighted by molar-refractivity contribution is 5.82. The number of hydrogen-bond donors (Lipinski definition) is 1. The fourth-order valence-electron chi connectivity index (χ4n) is 0.940. The van der Waals surface area contributed by atoms with Gasteiger partial charge in [0.25, 0.3) is 0 Å².